The maximum atomic E-state index is 14.4. The fourth-order valence-corrected chi connectivity index (χ4v) is 2.59. The average molecular weight is 302 g/mol. The van der Waals surface area contributed by atoms with Gasteiger partial charge < -0.3 is 0 Å². The zero-order chi connectivity index (χ0) is 16.3. The van der Waals surface area contributed by atoms with Gasteiger partial charge in [-0.25, -0.2) is 4.39 Å². The van der Waals surface area contributed by atoms with Gasteiger partial charge in [0.2, 0.25) is 0 Å². The Kier molecular flexibility index (Phi) is 5.14. The van der Waals surface area contributed by atoms with Crippen molar-refractivity contribution < 1.29 is 4.39 Å². The van der Waals surface area contributed by atoms with Gasteiger partial charge in [-0.15, -0.1) is 0 Å². The van der Waals surface area contributed by atoms with E-state index in [0.29, 0.717) is 23.4 Å². The fraction of sp³-hybridized carbons (Fsp3) is 0.389. The molecule has 0 aliphatic carbocycles. The Hall–Kier alpha value is -1.94. The van der Waals surface area contributed by atoms with Gasteiger partial charge in [0.1, 0.15) is 5.82 Å². The number of hydrogen-bond acceptors (Lipinski definition) is 2. The number of aromatic nitrogens is 1. The lowest BCUT2D eigenvalue weighted by molar-refractivity contribution is 0.291. The third kappa shape index (κ3) is 3.45. The Bertz CT molecular complexity index is 718. The summed E-state index contributed by atoms with van der Waals surface area (Å²) in [7, 11) is 0. The molecule has 1 aromatic carbocycles. The number of pyridine rings is 1. The third-order valence-corrected chi connectivity index (χ3v) is 3.94. The van der Waals surface area contributed by atoms with Gasteiger partial charge in [0, 0.05) is 23.9 Å². The second kappa shape index (κ2) is 6.88. The van der Waals surface area contributed by atoms with Crippen LogP contribution in [0.15, 0.2) is 35.3 Å². The van der Waals surface area contributed by atoms with Crippen LogP contribution in [0.2, 0.25) is 0 Å². The van der Waals surface area contributed by atoms with E-state index in [4.69, 9.17) is 0 Å². The van der Waals surface area contributed by atoms with Gasteiger partial charge in [-0.1, -0.05) is 19.9 Å². The Morgan fingerprint density at radius 2 is 1.82 bits per heavy atom. The van der Waals surface area contributed by atoms with Crippen molar-refractivity contribution in [3.8, 4) is 5.69 Å². The summed E-state index contributed by atoms with van der Waals surface area (Å²) in [5.41, 5.74) is 2.75. The second-order valence-corrected chi connectivity index (χ2v) is 5.61. The van der Waals surface area contributed by atoms with Crippen molar-refractivity contribution in [1.82, 2.24) is 9.47 Å². The minimum atomic E-state index is -0.268. The van der Waals surface area contributed by atoms with E-state index < -0.39 is 0 Å². The Labute approximate surface area is 131 Å². The molecule has 22 heavy (non-hydrogen) atoms. The molecule has 0 fully saturated rings. The van der Waals surface area contributed by atoms with Crippen LogP contribution in [0.1, 0.15) is 30.5 Å². The predicted octanol–water partition coefficient (Wildman–Crippen LogP) is 3.44. The molecule has 0 unspecified atom stereocenters. The molecule has 4 heteroatoms. The van der Waals surface area contributed by atoms with Crippen LogP contribution in [-0.4, -0.2) is 22.6 Å². The van der Waals surface area contributed by atoms with Crippen LogP contribution in [0.25, 0.3) is 5.69 Å². The van der Waals surface area contributed by atoms with Gasteiger partial charge in [-0.2, -0.15) is 0 Å². The van der Waals surface area contributed by atoms with Crippen LogP contribution in [0.4, 0.5) is 4.39 Å². The second-order valence-electron chi connectivity index (χ2n) is 5.61. The van der Waals surface area contributed by atoms with Crippen LogP contribution < -0.4 is 5.56 Å². The van der Waals surface area contributed by atoms with E-state index in [1.54, 1.807) is 19.2 Å². The summed E-state index contributed by atoms with van der Waals surface area (Å²) in [6.45, 7) is 10.2. The largest absolute Gasteiger partial charge is 0.300 e. The van der Waals surface area contributed by atoms with Gasteiger partial charge in [-0.3, -0.25) is 14.3 Å². The number of hydrogen-bond donors (Lipinski definition) is 0. The fourth-order valence-electron chi connectivity index (χ4n) is 2.59. The summed E-state index contributed by atoms with van der Waals surface area (Å²) in [6, 6.07) is 6.86. The summed E-state index contributed by atoms with van der Waals surface area (Å²) in [5.74, 6) is -0.268. The Morgan fingerprint density at radius 1 is 1.14 bits per heavy atom. The lowest BCUT2D eigenvalue weighted by Gasteiger charge is -2.19. The molecule has 0 atom stereocenters. The predicted molar refractivity (Wildman–Crippen MR) is 88.1 cm³/mol. The molecule has 0 N–H and O–H groups in total. The first-order valence-corrected chi connectivity index (χ1v) is 7.67. The van der Waals surface area contributed by atoms with Crippen molar-refractivity contribution in [1.29, 1.82) is 0 Å². The lowest BCUT2D eigenvalue weighted by Crippen LogP contribution is -2.23. The molecule has 0 bridgehead atoms. The normalized spacial score (nSPS) is 11.2. The van der Waals surface area contributed by atoms with Gasteiger partial charge in [0.25, 0.3) is 5.56 Å². The molecule has 0 saturated heterocycles. The first-order valence-electron chi connectivity index (χ1n) is 7.67. The van der Waals surface area contributed by atoms with Crippen molar-refractivity contribution >= 4 is 0 Å². The molecule has 3 nitrogen and oxygen atoms in total. The number of halogens is 1. The van der Waals surface area contributed by atoms with Crippen LogP contribution in [0, 0.1) is 19.7 Å². The lowest BCUT2D eigenvalue weighted by atomic mass is 10.1. The van der Waals surface area contributed by atoms with Gasteiger partial charge in [0.15, 0.2) is 0 Å². The Morgan fingerprint density at radius 3 is 2.41 bits per heavy atom. The maximum Gasteiger partial charge on any atom is 0.257 e. The minimum absolute atomic E-state index is 0.110. The highest BCUT2D eigenvalue weighted by molar-refractivity contribution is 5.37. The molecule has 0 radical (unpaired) electrons. The molecule has 0 amide bonds. The minimum Gasteiger partial charge on any atom is -0.300 e. The highest BCUT2D eigenvalue weighted by Crippen LogP contribution is 2.16. The van der Waals surface area contributed by atoms with Crippen LogP contribution in [-0.2, 0) is 6.54 Å². The molecular formula is C18H23FN2O. The molecule has 118 valence electrons. The van der Waals surface area contributed by atoms with Crippen molar-refractivity contribution in [3.63, 3.8) is 0 Å². The van der Waals surface area contributed by atoms with E-state index in [9.17, 15) is 9.18 Å². The zero-order valence-corrected chi connectivity index (χ0v) is 13.7. The number of aryl methyl sites for hydroxylation is 2. The van der Waals surface area contributed by atoms with Crippen molar-refractivity contribution in [2.75, 3.05) is 13.1 Å². The van der Waals surface area contributed by atoms with Crippen molar-refractivity contribution in [2.24, 2.45) is 0 Å². The molecular weight excluding hydrogens is 279 g/mol. The summed E-state index contributed by atoms with van der Waals surface area (Å²) < 4.78 is 15.9. The van der Waals surface area contributed by atoms with Crippen molar-refractivity contribution in [3.05, 3.63) is 63.3 Å². The van der Waals surface area contributed by atoms with Gasteiger partial charge >= 0.3 is 0 Å². The topological polar surface area (TPSA) is 25.2 Å². The monoisotopic (exact) mass is 302 g/mol. The molecule has 2 aromatic rings. The highest BCUT2D eigenvalue weighted by atomic mass is 19.1. The highest BCUT2D eigenvalue weighted by Gasteiger charge is 2.10. The average Bonchev–Trinajstić information content (AvgIpc) is 2.49. The maximum absolute atomic E-state index is 14.4. The van der Waals surface area contributed by atoms with E-state index in [1.165, 1.54) is 10.6 Å². The summed E-state index contributed by atoms with van der Waals surface area (Å²) in [4.78, 5) is 14.4. The Balaban J connectivity index is 2.40. The molecule has 0 aliphatic heterocycles. The quantitative estimate of drug-likeness (QED) is 0.845. The van der Waals surface area contributed by atoms with E-state index in [1.807, 2.05) is 19.1 Å². The number of nitrogens with zero attached hydrogens (tertiary/aromatic N) is 2. The van der Waals surface area contributed by atoms with Crippen LogP contribution >= 0.6 is 0 Å². The van der Waals surface area contributed by atoms with Crippen LogP contribution in [0.5, 0.6) is 0 Å². The first kappa shape index (κ1) is 16.4. The third-order valence-electron chi connectivity index (χ3n) is 3.94. The smallest absolute Gasteiger partial charge is 0.257 e. The summed E-state index contributed by atoms with van der Waals surface area (Å²) in [5, 5.41) is 0. The molecule has 0 aliphatic rings. The van der Waals surface area contributed by atoms with E-state index in [0.717, 1.165) is 18.7 Å². The van der Waals surface area contributed by atoms with E-state index in [2.05, 4.69) is 18.7 Å². The van der Waals surface area contributed by atoms with Gasteiger partial charge in [0.05, 0.1) is 5.69 Å². The van der Waals surface area contributed by atoms with Crippen molar-refractivity contribution in [2.45, 2.75) is 34.2 Å². The molecule has 0 saturated carbocycles. The molecule has 1 heterocycles. The van der Waals surface area contributed by atoms with E-state index in [-0.39, 0.29) is 11.4 Å². The summed E-state index contributed by atoms with van der Waals surface area (Å²) in [6.07, 6.45) is 1.74. The van der Waals surface area contributed by atoms with Gasteiger partial charge in [-0.05, 0) is 50.7 Å². The van der Waals surface area contributed by atoms with E-state index >= 15 is 0 Å². The number of benzene rings is 1. The zero-order valence-electron chi connectivity index (χ0n) is 13.7. The molecule has 0 spiro atoms. The SMILES string of the molecule is CCN(CC)Cc1ccc(-n2cc(C)cc(C)c2=O)cc1F. The molecule has 2 rings (SSSR count). The number of rotatable bonds is 5. The first-order chi connectivity index (χ1) is 10.5. The standard InChI is InChI=1S/C18H23FN2O/c1-5-20(6-2)12-15-7-8-16(10-17(15)19)21-11-13(3)9-14(4)18(21)22/h7-11H,5-6,12H2,1-4H3. The molecule has 1 aromatic heterocycles. The van der Waals surface area contributed by atoms with Crippen LogP contribution in [0.3, 0.4) is 0 Å². The summed E-state index contributed by atoms with van der Waals surface area (Å²) >= 11 is 0.